The lowest BCUT2D eigenvalue weighted by atomic mass is 10.1. The Hall–Kier alpha value is -1.11. The molecule has 0 aliphatic rings. The maximum atomic E-state index is 12.5. The van der Waals surface area contributed by atoms with Crippen LogP contribution in [0.25, 0.3) is 0 Å². The molecule has 0 radical (unpaired) electrons. The van der Waals surface area contributed by atoms with E-state index in [1.165, 1.54) is 0 Å². The normalized spacial score (nSPS) is 12.4. The average molecular weight is 314 g/mol. The molecule has 1 aromatic carbocycles. The molecule has 0 aliphatic carbocycles. The predicted octanol–water partition coefficient (Wildman–Crippen LogP) is 1.92. The molecular formula is C15H26N2O3S. The number of ether oxygens (including phenoxy) is 1. The molecule has 0 heterocycles. The van der Waals surface area contributed by atoms with Crippen molar-refractivity contribution in [1.82, 2.24) is 10.0 Å². The van der Waals surface area contributed by atoms with Gasteiger partial charge in [0.15, 0.2) is 0 Å². The van der Waals surface area contributed by atoms with Crippen LogP contribution in [0.1, 0.15) is 33.3 Å². The van der Waals surface area contributed by atoms with Crippen molar-refractivity contribution < 1.29 is 13.2 Å². The van der Waals surface area contributed by atoms with Crippen molar-refractivity contribution >= 4 is 10.0 Å². The van der Waals surface area contributed by atoms with Gasteiger partial charge in [-0.3, -0.25) is 0 Å². The van der Waals surface area contributed by atoms with Gasteiger partial charge in [0.1, 0.15) is 5.75 Å². The van der Waals surface area contributed by atoms with Crippen LogP contribution in [-0.4, -0.2) is 34.2 Å². The number of benzene rings is 1. The minimum absolute atomic E-state index is 0.316. The second kappa shape index (κ2) is 7.24. The fourth-order valence-corrected chi connectivity index (χ4v) is 3.67. The van der Waals surface area contributed by atoms with Crippen LogP contribution in [0.2, 0.25) is 0 Å². The largest absolute Gasteiger partial charge is 0.497 e. The Morgan fingerprint density at radius 1 is 1.24 bits per heavy atom. The highest BCUT2D eigenvalue weighted by Crippen LogP contribution is 2.23. The summed E-state index contributed by atoms with van der Waals surface area (Å²) in [6.45, 7) is 9.07. The van der Waals surface area contributed by atoms with Crippen molar-refractivity contribution in [3.05, 3.63) is 23.8 Å². The second-order valence-electron chi connectivity index (χ2n) is 5.93. The summed E-state index contributed by atoms with van der Waals surface area (Å²) in [6, 6.07) is 5.07. The van der Waals surface area contributed by atoms with Crippen LogP contribution < -0.4 is 14.8 Å². The molecular weight excluding hydrogens is 288 g/mol. The van der Waals surface area contributed by atoms with E-state index >= 15 is 0 Å². The van der Waals surface area contributed by atoms with E-state index < -0.39 is 15.6 Å². The molecule has 2 N–H and O–H groups in total. The minimum atomic E-state index is -3.54. The standard InChI is InChI=1S/C15H26N2O3S/c1-6-16-10-9-12-11-13(20-5)7-8-14(12)21(18,19)17-15(2,3)4/h7-8,11,16-17H,6,9-10H2,1-5H3. The predicted molar refractivity (Wildman–Crippen MR) is 85.3 cm³/mol. The van der Waals surface area contributed by atoms with E-state index in [1.807, 2.05) is 27.7 Å². The SMILES string of the molecule is CCNCCc1cc(OC)ccc1S(=O)(=O)NC(C)(C)C. The molecule has 0 bridgehead atoms. The molecule has 0 fully saturated rings. The van der Waals surface area contributed by atoms with Crippen LogP contribution >= 0.6 is 0 Å². The molecule has 120 valence electrons. The van der Waals surface area contributed by atoms with E-state index in [-0.39, 0.29) is 0 Å². The highest BCUT2D eigenvalue weighted by Gasteiger charge is 2.24. The van der Waals surface area contributed by atoms with E-state index in [4.69, 9.17) is 4.74 Å². The van der Waals surface area contributed by atoms with E-state index in [1.54, 1.807) is 25.3 Å². The van der Waals surface area contributed by atoms with Crippen LogP contribution in [0.4, 0.5) is 0 Å². The van der Waals surface area contributed by atoms with Crippen molar-refractivity contribution in [3.63, 3.8) is 0 Å². The summed E-state index contributed by atoms with van der Waals surface area (Å²) in [7, 11) is -1.97. The fourth-order valence-electron chi connectivity index (χ4n) is 2.00. The van der Waals surface area contributed by atoms with Gasteiger partial charge < -0.3 is 10.1 Å². The molecule has 0 aliphatic heterocycles. The third-order valence-electron chi connectivity index (χ3n) is 2.82. The van der Waals surface area contributed by atoms with Gasteiger partial charge in [0.2, 0.25) is 10.0 Å². The molecule has 0 spiro atoms. The molecule has 0 saturated carbocycles. The highest BCUT2D eigenvalue weighted by molar-refractivity contribution is 7.89. The minimum Gasteiger partial charge on any atom is -0.497 e. The first-order valence-electron chi connectivity index (χ1n) is 7.11. The number of sulfonamides is 1. The van der Waals surface area contributed by atoms with Gasteiger partial charge in [-0.1, -0.05) is 6.92 Å². The third-order valence-corrected chi connectivity index (χ3v) is 4.68. The van der Waals surface area contributed by atoms with Gasteiger partial charge >= 0.3 is 0 Å². The zero-order valence-corrected chi connectivity index (χ0v) is 14.3. The molecule has 1 aromatic rings. The molecule has 0 saturated heterocycles. The molecule has 21 heavy (non-hydrogen) atoms. The molecule has 0 aromatic heterocycles. The topological polar surface area (TPSA) is 67.4 Å². The van der Waals surface area contributed by atoms with Crippen molar-refractivity contribution in [2.75, 3.05) is 20.2 Å². The lowest BCUT2D eigenvalue weighted by Gasteiger charge is -2.22. The summed E-state index contributed by atoms with van der Waals surface area (Å²) < 4.78 is 32.9. The van der Waals surface area contributed by atoms with Crippen LogP contribution in [0.5, 0.6) is 5.75 Å². The van der Waals surface area contributed by atoms with Gasteiger partial charge in [-0.05, 0) is 64.0 Å². The third kappa shape index (κ3) is 5.65. The molecule has 0 unspecified atom stereocenters. The van der Waals surface area contributed by atoms with Crippen LogP contribution in [-0.2, 0) is 16.4 Å². The van der Waals surface area contributed by atoms with E-state index in [0.29, 0.717) is 17.1 Å². The Morgan fingerprint density at radius 2 is 1.90 bits per heavy atom. The molecule has 6 heteroatoms. The Bertz CT molecular complexity index is 563. The Labute approximate surface area is 128 Å². The Balaban J connectivity index is 3.15. The smallest absolute Gasteiger partial charge is 0.241 e. The van der Waals surface area contributed by atoms with Crippen LogP contribution in [0, 0.1) is 0 Å². The van der Waals surface area contributed by atoms with Gasteiger partial charge in [-0.2, -0.15) is 0 Å². The maximum Gasteiger partial charge on any atom is 0.241 e. The van der Waals surface area contributed by atoms with Gasteiger partial charge in [0.05, 0.1) is 12.0 Å². The van der Waals surface area contributed by atoms with E-state index in [9.17, 15) is 8.42 Å². The van der Waals surface area contributed by atoms with Gasteiger partial charge in [0.25, 0.3) is 0 Å². The average Bonchev–Trinajstić information content (AvgIpc) is 2.36. The summed E-state index contributed by atoms with van der Waals surface area (Å²) in [5, 5.41) is 3.21. The summed E-state index contributed by atoms with van der Waals surface area (Å²) in [4.78, 5) is 0.316. The number of rotatable bonds is 7. The van der Waals surface area contributed by atoms with Crippen molar-refractivity contribution in [2.45, 2.75) is 44.6 Å². The zero-order valence-electron chi connectivity index (χ0n) is 13.5. The second-order valence-corrected chi connectivity index (χ2v) is 7.58. The molecule has 5 nitrogen and oxygen atoms in total. The van der Waals surface area contributed by atoms with E-state index in [0.717, 1.165) is 18.7 Å². The lowest BCUT2D eigenvalue weighted by Crippen LogP contribution is -2.40. The highest BCUT2D eigenvalue weighted by atomic mass is 32.2. The van der Waals surface area contributed by atoms with Crippen LogP contribution in [0.15, 0.2) is 23.1 Å². The number of nitrogens with one attached hydrogen (secondary N) is 2. The van der Waals surface area contributed by atoms with Crippen LogP contribution in [0.3, 0.4) is 0 Å². The van der Waals surface area contributed by atoms with Gasteiger partial charge in [-0.25, -0.2) is 13.1 Å². The summed E-state index contributed by atoms with van der Waals surface area (Å²) in [6.07, 6.45) is 0.630. The monoisotopic (exact) mass is 314 g/mol. The van der Waals surface area contributed by atoms with E-state index in [2.05, 4.69) is 10.0 Å². The lowest BCUT2D eigenvalue weighted by molar-refractivity contribution is 0.413. The first kappa shape index (κ1) is 17.9. The first-order chi connectivity index (χ1) is 9.69. The summed E-state index contributed by atoms with van der Waals surface area (Å²) in [5.74, 6) is 0.663. The molecule has 0 atom stereocenters. The fraction of sp³-hybridized carbons (Fsp3) is 0.600. The zero-order chi connectivity index (χ0) is 16.1. The summed E-state index contributed by atoms with van der Waals surface area (Å²) in [5.41, 5.74) is 0.240. The van der Waals surface area contributed by atoms with Crippen molar-refractivity contribution in [3.8, 4) is 5.75 Å². The Kier molecular flexibility index (Phi) is 6.19. The van der Waals surface area contributed by atoms with Gasteiger partial charge in [-0.15, -0.1) is 0 Å². The number of hydrogen-bond donors (Lipinski definition) is 2. The number of likely N-dealkylation sites (N-methyl/N-ethyl adjacent to an activating group) is 1. The summed E-state index contributed by atoms with van der Waals surface area (Å²) >= 11 is 0. The number of hydrogen-bond acceptors (Lipinski definition) is 4. The van der Waals surface area contributed by atoms with Crippen molar-refractivity contribution in [1.29, 1.82) is 0 Å². The quantitative estimate of drug-likeness (QED) is 0.755. The van der Waals surface area contributed by atoms with Gasteiger partial charge in [0, 0.05) is 5.54 Å². The number of methoxy groups -OCH3 is 1. The molecule has 1 rings (SSSR count). The maximum absolute atomic E-state index is 12.5. The van der Waals surface area contributed by atoms with Crippen molar-refractivity contribution in [2.24, 2.45) is 0 Å². The Morgan fingerprint density at radius 3 is 2.43 bits per heavy atom. The molecule has 0 amide bonds. The first-order valence-corrected chi connectivity index (χ1v) is 8.59.